The fourth-order valence-corrected chi connectivity index (χ4v) is 6.96. The lowest BCUT2D eigenvalue weighted by Crippen LogP contribution is -2.56. The number of thiophene rings is 1. The average Bonchev–Trinajstić information content (AvgIpc) is 3.16. The van der Waals surface area contributed by atoms with Gasteiger partial charge in [0.05, 0.1) is 40.0 Å². The largest absolute Gasteiger partial charge is 0.378 e. The zero-order valence-corrected chi connectivity index (χ0v) is 22.2. The van der Waals surface area contributed by atoms with E-state index in [2.05, 4.69) is 44.8 Å². The monoisotopic (exact) mass is 516 g/mol. The minimum absolute atomic E-state index is 0.229. The smallest absolute Gasteiger partial charge is 0.219 e. The van der Waals surface area contributed by atoms with Crippen LogP contribution in [0.5, 0.6) is 0 Å². The highest BCUT2D eigenvalue weighted by Gasteiger charge is 2.32. The third-order valence-corrected chi connectivity index (χ3v) is 9.13. The Balaban J connectivity index is 1.54. The van der Waals surface area contributed by atoms with E-state index in [1.165, 1.54) is 10.4 Å². The Kier molecular flexibility index (Phi) is 6.99. The number of aromatic nitrogens is 4. The van der Waals surface area contributed by atoms with Crippen LogP contribution in [-0.2, 0) is 22.3 Å². The van der Waals surface area contributed by atoms with E-state index >= 15 is 0 Å². The van der Waals surface area contributed by atoms with Crippen molar-refractivity contribution in [2.24, 2.45) is 0 Å². The van der Waals surface area contributed by atoms with Crippen molar-refractivity contribution in [1.82, 2.24) is 29.1 Å². The van der Waals surface area contributed by atoms with Crippen molar-refractivity contribution in [3.63, 3.8) is 0 Å². The number of piperazine rings is 1. The molecule has 2 aliphatic heterocycles. The molecule has 0 radical (unpaired) electrons. The van der Waals surface area contributed by atoms with E-state index < -0.39 is 11.0 Å². The lowest BCUT2D eigenvalue weighted by Gasteiger charge is -2.43. The number of rotatable bonds is 5. The van der Waals surface area contributed by atoms with Crippen LogP contribution in [0.2, 0.25) is 0 Å². The summed E-state index contributed by atoms with van der Waals surface area (Å²) in [5.74, 6) is 1.77. The highest BCUT2D eigenvalue weighted by Crippen LogP contribution is 2.38. The molecule has 0 bridgehead atoms. The Morgan fingerprint density at radius 1 is 1.14 bits per heavy atom. The second-order valence-corrected chi connectivity index (χ2v) is 11.7. The van der Waals surface area contributed by atoms with E-state index in [4.69, 9.17) is 20.4 Å². The van der Waals surface area contributed by atoms with Gasteiger partial charge in [-0.05, 0) is 26.3 Å². The molecule has 0 aliphatic carbocycles. The van der Waals surface area contributed by atoms with Crippen LogP contribution in [-0.4, -0.2) is 91.1 Å². The first kappa shape index (κ1) is 24.4. The Bertz CT molecular complexity index is 1220. The number of nitrogens with two attached hydrogens (primary N) is 1. The lowest BCUT2D eigenvalue weighted by atomic mass is 10.1. The van der Waals surface area contributed by atoms with Gasteiger partial charge in [-0.25, -0.2) is 28.5 Å². The summed E-state index contributed by atoms with van der Waals surface area (Å²) >= 11 is 1.78. The van der Waals surface area contributed by atoms with Crippen LogP contribution in [0.4, 0.5) is 11.8 Å². The number of morpholine rings is 1. The molecule has 2 saturated heterocycles. The first-order chi connectivity index (χ1) is 16.8. The predicted molar refractivity (Wildman–Crippen MR) is 141 cm³/mol. The fraction of sp³-hybridized carbons (Fsp3) is 0.565. The maximum atomic E-state index is 12.1. The first-order valence-corrected chi connectivity index (χ1v) is 14.2. The van der Waals surface area contributed by atoms with Gasteiger partial charge in [0.25, 0.3) is 0 Å². The summed E-state index contributed by atoms with van der Waals surface area (Å²) in [5, 5.41) is 0. The SMILES string of the molecule is Cc1c(CN2[C@H](C)CN(S(C)=O)C[C@@H]2C)sc2c(N3CCOCC3)nc(-c3cnc(N)nc3)nc12. The van der Waals surface area contributed by atoms with Crippen molar-refractivity contribution in [2.45, 2.75) is 39.4 Å². The predicted octanol–water partition coefficient (Wildman–Crippen LogP) is 2.06. The van der Waals surface area contributed by atoms with Crippen LogP contribution < -0.4 is 10.6 Å². The third kappa shape index (κ3) is 4.90. The van der Waals surface area contributed by atoms with E-state index in [-0.39, 0.29) is 5.95 Å². The highest BCUT2D eigenvalue weighted by molar-refractivity contribution is 7.81. The molecule has 0 saturated carbocycles. The number of ether oxygens (including phenoxy) is 1. The van der Waals surface area contributed by atoms with Crippen LogP contribution in [0, 0.1) is 6.92 Å². The molecule has 2 aliphatic rings. The molecule has 3 aromatic rings. The van der Waals surface area contributed by atoms with Crippen LogP contribution >= 0.6 is 11.3 Å². The minimum Gasteiger partial charge on any atom is -0.378 e. The maximum absolute atomic E-state index is 12.1. The lowest BCUT2D eigenvalue weighted by molar-refractivity contribution is 0.0732. The van der Waals surface area contributed by atoms with Crippen molar-refractivity contribution in [2.75, 3.05) is 56.3 Å². The van der Waals surface area contributed by atoms with Gasteiger partial charge in [-0.2, -0.15) is 0 Å². The molecule has 0 spiro atoms. The summed E-state index contributed by atoms with van der Waals surface area (Å²) in [7, 11) is -0.943. The normalized spacial score (nSPS) is 23.1. The molecule has 10 nitrogen and oxygen atoms in total. The number of hydrogen-bond donors (Lipinski definition) is 1. The Labute approximate surface area is 212 Å². The molecule has 2 fully saturated rings. The molecule has 3 aromatic heterocycles. The molecular formula is C23H32N8O2S2. The highest BCUT2D eigenvalue weighted by atomic mass is 32.2. The van der Waals surface area contributed by atoms with E-state index in [0.717, 1.165) is 54.3 Å². The van der Waals surface area contributed by atoms with Gasteiger partial charge in [0.15, 0.2) is 11.6 Å². The topological polar surface area (TPSA) is 114 Å². The molecule has 188 valence electrons. The van der Waals surface area contributed by atoms with Crippen LogP contribution in [0.25, 0.3) is 21.6 Å². The number of hydrogen-bond acceptors (Lipinski definition) is 10. The Morgan fingerprint density at radius 3 is 2.43 bits per heavy atom. The van der Waals surface area contributed by atoms with Gasteiger partial charge in [-0.15, -0.1) is 11.3 Å². The molecule has 5 heterocycles. The summed E-state index contributed by atoms with van der Waals surface area (Å²) in [6.45, 7) is 12.0. The van der Waals surface area contributed by atoms with E-state index in [1.807, 2.05) is 0 Å². The van der Waals surface area contributed by atoms with Crippen molar-refractivity contribution in [1.29, 1.82) is 0 Å². The number of nitrogen functional groups attached to an aromatic ring is 1. The first-order valence-electron chi connectivity index (χ1n) is 11.9. The number of anilines is 2. The Morgan fingerprint density at radius 2 is 1.80 bits per heavy atom. The average molecular weight is 517 g/mol. The summed E-state index contributed by atoms with van der Waals surface area (Å²) in [5.41, 5.74) is 8.60. The summed E-state index contributed by atoms with van der Waals surface area (Å²) in [4.78, 5) is 24.3. The van der Waals surface area contributed by atoms with Gasteiger partial charge < -0.3 is 15.4 Å². The second-order valence-electron chi connectivity index (χ2n) is 9.27. The van der Waals surface area contributed by atoms with E-state index in [9.17, 15) is 4.21 Å². The number of aryl methyl sites for hydroxylation is 1. The zero-order valence-electron chi connectivity index (χ0n) is 20.6. The molecule has 35 heavy (non-hydrogen) atoms. The van der Waals surface area contributed by atoms with Crippen molar-refractivity contribution >= 4 is 44.3 Å². The quantitative estimate of drug-likeness (QED) is 0.544. The molecule has 3 atom stereocenters. The molecule has 12 heteroatoms. The van der Waals surface area contributed by atoms with Gasteiger partial charge in [-0.3, -0.25) is 4.90 Å². The zero-order chi connectivity index (χ0) is 24.7. The number of nitrogens with zero attached hydrogens (tertiary/aromatic N) is 7. The van der Waals surface area contributed by atoms with E-state index in [0.29, 0.717) is 31.1 Å². The van der Waals surface area contributed by atoms with Gasteiger partial charge in [-0.1, -0.05) is 0 Å². The maximum Gasteiger partial charge on any atom is 0.219 e. The van der Waals surface area contributed by atoms with E-state index in [1.54, 1.807) is 30.0 Å². The third-order valence-electron chi connectivity index (χ3n) is 6.84. The minimum atomic E-state index is -0.943. The summed E-state index contributed by atoms with van der Waals surface area (Å²) in [6.07, 6.45) is 5.12. The van der Waals surface area contributed by atoms with Crippen LogP contribution in [0.15, 0.2) is 12.4 Å². The van der Waals surface area contributed by atoms with Crippen molar-refractivity contribution in [3.05, 3.63) is 22.8 Å². The second kappa shape index (κ2) is 10.0. The van der Waals surface area contributed by atoms with Gasteiger partial charge in [0.1, 0.15) is 0 Å². The fourth-order valence-electron chi connectivity index (χ4n) is 4.84. The van der Waals surface area contributed by atoms with Gasteiger partial charge in [0, 0.05) is 68.3 Å². The summed E-state index contributed by atoms with van der Waals surface area (Å²) in [6, 6.07) is 0.610. The summed E-state index contributed by atoms with van der Waals surface area (Å²) < 4.78 is 20.8. The van der Waals surface area contributed by atoms with Gasteiger partial charge in [0.2, 0.25) is 5.95 Å². The molecule has 0 amide bonds. The molecule has 0 aromatic carbocycles. The van der Waals surface area contributed by atoms with Crippen LogP contribution in [0.3, 0.4) is 0 Å². The van der Waals surface area contributed by atoms with Crippen molar-refractivity contribution in [3.8, 4) is 11.4 Å². The molecule has 1 unspecified atom stereocenters. The molecule has 5 rings (SSSR count). The molecular weight excluding hydrogens is 484 g/mol. The number of fused-ring (bicyclic) bond motifs is 1. The van der Waals surface area contributed by atoms with Crippen LogP contribution in [0.1, 0.15) is 24.3 Å². The Hall–Kier alpha value is -2.25. The standard InChI is InChI=1S/C23H32N8O2S2/c1-14-11-30(35(4)32)12-15(2)31(14)13-18-16(3)19-20(34-18)22(29-5-7-33-8-6-29)28-21(27-19)17-9-25-23(24)26-10-17/h9-10,14-15H,5-8,11-13H2,1-4H3,(H2,24,25,26)/t14-,15+,35?. The van der Waals surface area contributed by atoms with Crippen molar-refractivity contribution < 1.29 is 8.95 Å². The van der Waals surface area contributed by atoms with Gasteiger partial charge >= 0.3 is 0 Å². The molecule has 2 N–H and O–H groups in total.